The quantitative estimate of drug-likeness (QED) is 0.902. The molecule has 124 valence electrons. The van der Waals surface area contributed by atoms with Crippen molar-refractivity contribution in [1.29, 1.82) is 0 Å². The highest BCUT2D eigenvalue weighted by Gasteiger charge is 2.25. The molecule has 0 atom stereocenters. The molecule has 2 N–H and O–H groups in total. The zero-order valence-corrected chi connectivity index (χ0v) is 13.2. The molecule has 24 heavy (non-hydrogen) atoms. The van der Waals surface area contributed by atoms with Gasteiger partial charge in [-0.25, -0.2) is 4.98 Å². The normalized spacial score (nSPS) is 16.2. The number of carbonyl (C=O) groups excluding carboxylic acids is 1. The van der Waals surface area contributed by atoms with Gasteiger partial charge in [-0.1, -0.05) is 6.42 Å². The maximum atomic E-state index is 11.9. The molecular formula is C18H19N3O3. The van der Waals surface area contributed by atoms with Gasteiger partial charge in [-0.05, 0) is 37.1 Å². The maximum absolute atomic E-state index is 11.9. The van der Waals surface area contributed by atoms with Gasteiger partial charge in [-0.2, -0.15) is 0 Å². The minimum atomic E-state index is 0.0706. The number of pyridine rings is 1. The van der Waals surface area contributed by atoms with Crippen molar-refractivity contribution in [2.45, 2.75) is 19.3 Å². The lowest BCUT2D eigenvalue weighted by atomic mass is 9.85. The Morgan fingerprint density at radius 3 is 2.54 bits per heavy atom. The van der Waals surface area contributed by atoms with Crippen LogP contribution in [0.2, 0.25) is 0 Å². The second kappa shape index (κ2) is 6.39. The molecular weight excluding hydrogens is 306 g/mol. The SMILES string of the molecule is O=C(Nc1ccc(Nc2ccc3c(c2)OCCO3)cn1)C1CCC1. The van der Waals surface area contributed by atoms with Gasteiger partial charge in [0.05, 0.1) is 11.9 Å². The number of amides is 1. The summed E-state index contributed by atoms with van der Waals surface area (Å²) >= 11 is 0. The number of rotatable bonds is 4. The molecule has 1 aliphatic heterocycles. The van der Waals surface area contributed by atoms with Crippen LogP contribution in [-0.2, 0) is 4.79 Å². The predicted molar refractivity (Wildman–Crippen MR) is 90.9 cm³/mol. The maximum Gasteiger partial charge on any atom is 0.228 e. The molecule has 1 aromatic heterocycles. The fourth-order valence-electron chi connectivity index (χ4n) is 2.73. The lowest BCUT2D eigenvalue weighted by Crippen LogP contribution is -2.28. The van der Waals surface area contributed by atoms with Crippen LogP contribution >= 0.6 is 0 Å². The Labute approximate surface area is 140 Å². The third kappa shape index (κ3) is 3.13. The van der Waals surface area contributed by atoms with E-state index in [4.69, 9.17) is 9.47 Å². The average Bonchev–Trinajstić information content (AvgIpc) is 2.55. The topological polar surface area (TPSA) is 72.5 Å². The van der Waals surface area contributed by atoms with Gasteiger partial charge in [0, 0.05) is 17.7 Å². The van der Waals surface area contributed by atoms with Crippen LogP contribution in [0.3, 0.4) is 0 Å². The first kappa shape index (κ1) is 14.8. The van der Waals surface area contributed by atoms with Crippen LogP contribution in [0.5, 0.6) is 11.5 Å². The summed E-state index contributed by atoms with van der Waals surface area (Å²) in [5.41, 5.74) is 1.74. The first-order valence-corrected chi connectivity index (χ1v) is 8.21. The molecule has 1 aromatic carbocycles. The smallest absolute Gasteiger partial charge is 0.228 e. The van der Waals surface area contributed by atoms with Crippen LogP contribution in [0.4, 0.5) is 17.2 Å². The van der Waals surface area contributed by atoms with Crippen LogP contribution < -0.4 is 20.1 Å². The molecule has 1 amide bonds. The highest BCUT2D eigenvalue weighted by atomic mass is 16.6. The van der Waals surface area contributed by atoms with Crippen molar-refractivity contribution in [3.05, 3.63) is 36.5 Å². The van der Waals surface area contributed by atoms with E-state index in [-0.39, 0.29) is 11.8 Å². The van der Waals surface area contributed by atoms with Crippen molar-refractivity contribution in [1.82, 2.24) is 4.98 Å². The van der Waals surface area contributed by atoms with Gasteiger partial charge in [0.1, 0.15) is 19.0 Å². The van der Waals surface area contributed by atoms with E-state index < -0.39 is 0 Å². The minimum Gasteiger partial charge on any atom is -0.486 e. The first-order valence-electron chi connectivity index (χ1n) is 8.21. The van der Waals surface area contributed by atoms with Crippen LogP contribution in [-0.4, -0.2) is 24.1 Å². The number of benzene rings is 1. The summed E-state index contributed by atoms with van der Waals surface area (Å²) < 4.78 is 11.1. The summed E-state index contributed by atoms with van der Waals surface area (Å²) in [7, 11) is 0. The number of nitrogens with zero attached hydrogens (tertiary/aromatic N) is 1. The van der Waals surface area contributed by atoms with Crippen LogP contribution in [0, 0.1) is 5.92 Å². The molecule has 6 nitrogen and oxygen atoms in total. The number of fused-ring (bicyclic) bond motifs is 1. The number of aromatic nitrogens is 1. The highest BCUT2D eigenvalue weighted by molar-refractivity contribution is 5.92. The van der Waals surface area contributed by atoms with Gasteiger partial charge in [0.25, 0.3) is 0 Å². The summed E-state index contributed by atoms with van der Waals surface area (Å²) in [5.74, 6) is 2.31. The molecule has 0 bridgehead atoms. The Morgan fingerprint density at radius 1 is 1.04 bits per heavy atom. The van der Waals surface area contributed by atoms with Crippen molar-refractivity contribution in [3.8, 4) is 11.5 Å². The Bertz CT molecular complexity index is 742. The van der Waals surface area contributed by atoms with Gasteiger partial charge in [-0.15, -0.1) is 0 Å². The molecule has 6 heteroatoms. The molecule has 1 fully saturated rings. The fourth-order valence-corrected chi connectivity index (χ4v) is 2.73. The number of nitrogens with one attached hydrogen (secondary N) is 2. The molecule has 2 heterocycles. The van der Waals surface area contributed by atoms with Gasteiger partial charge in [-0.3, -0.25) is 4.79 Å². The number of anilines is 3. The summed E-state index contributed by atoms with van der Waals surface area (Å²) in [6.45, 7) is 1.14. The molecule has 2 aromatic rings. The number of hydrogen-bond acceptors (Lipinski definition) is 5. The van der Waals surface area contributed by atoms with Crippen LogP contribution in [0.25, 0.3) is 0 Å². The van der Waals surface area contributed by atoms with E-state index in [1.54, 1.807) is 12.3 Å². The van der Waals surface area contributed by atoms with Gasteiger partial charge in [0.2, 0.25) is 5.91 Å². The molecule has 0 unspecified atom stereocenters. The van der Waals surface area contributed by atoms with E-state index in [9.17, 15) is 4.79 Å². The number of carbonyl (C=O) groups is 1. The lowest BCUT2D eigenvalue weighted by molar-refractivity contribution is -0.122. The second-order valence-corrected chi connectivity index (χ2v) is 6.03. The lowest BCUT2D eigenvalue weighted by Gasteiger charge is -2.23. The van der Waals surface area contributed by atoms with E-state index in [2.05, 4.69) is 15.6 Å². The zero-order chi connectivity index (χ0) is 16.4. The van der Waals surface area contributed by atoms with Crippen molar-refractivity contribution in [2.24, 2.45) is 5.92 Å². The predicted octanol–water partition coefficient (Wildman–Crippen LogP) is 3.34. The minimum absolute atomic E-state index is 0.0706. The zero-order valence-electron chi connectivity index (χ0n) is 13.2. The van der Waals surface area contributed by atoms with Gasteiger partial charge in [0.15, 0.2) is 11.5 Å². The Morgan fingerprint density at radius 2 is 1.83 bits per heavy atom. The van der Waals surface area contributed by atoms with E-state index >= 15 is 0 Å². The largest absolute Gasteiger partial charge is 0.486 e. The van der Waals surface area contributed by atoms with Crippen molar-refractivity contribution in [3.63, 3.8) is 0 Å². The summed E-state index contributed by atoms with van der Waals surface area (Å²) in [5, 5.41) is 6.13. The van der Waals surface area contributed by atoms with Crippen molar-refractivity contribution in [2.75, 3.05) is 23.8 Å². The summed E-state index contributed by atoms with van der Waals surface area (Å²) in [6.07, 6.45) is 4.81. The summed E-state index contributed by atoms with van der Waals surface area (Å²) in [4.78, 5) is 16.2. The molecule has 2 aliphatic rings. The van der Waals surface area contributed by atoms with E-state index in [1.165, 1.54) is 0 Å². The van der Waals surface area contributed by atoms with E-state index in [1.807, 2.05) is 24.3 Å². The second-order valence-electron chi connectivity index (χ2n) is 6.03. The van der Waals surface area contributed by atoms with Crippen molar-refractivity contribution >= 4 is 23.1 Å². The van der Waals surface area contributed by atoms with Crippen LogP contribution in [0.1, 0.15) is 19.3 Å². The molecule has 0 radical (unpaired) electrons. The Kier molecular flexibility index (Phi) is 3.94. The average molecular weight is 325 g/mol. The molecule has 4 rings (SSSR count). The van der Waals surface area contributed by atoms with Crippen molar-refractivity contribution < 1.29 is 14.3 Å². The standard InChI is InChI=1S/C18H19N3O3/c22-18(12-2-1-3-12)21-17-7-5-14(11-19-17)20-13-4-6-15-16(10-13)24-9-8-23-15/h4-7,10-12,20H,1-3,8-9H2,(H,19,21,22). The van der Waals surface area contributed by atoms with E-state index in [0.717, 1.165) is 42.1 Å². The first-order chi connectivity index (χ1) is 11.8. The third-order valence-corrected chi connectivity index (χ3v) is 4.32. The monoisotopic (exact) mass is 325 g/mol. The molecule has 1 aliphatic carbocycles. The summed E-state index contributed by atoms with van der Waals surface area (Å²) in [6, 6.07) is 9.41. The highest BCUT2D eigenvalue weighted by Crippen LogP contribution is 2.33. The third-order valence-electron chi connectivity index (χ3n) is 4.32. The Hall–Kier alpha value is -2.76. The van der Waals surface area contributed by atoms with Crippen LogP contribution in [0.15, 0.2) is 36.5 Å². The van der Waals surface area contributed by atoms with Gasteiger partial charge >= 0.3 is 0 Å². The number of ether oxygens (including phenoxy) is 2. The van der Waals surface area contributed by atoms with E-state index in [0.29, 0.717) is 19.0 Å². The number of hydrogen-bond donors (Lipinski definition) is 2. The molecule has 0 saturated heterocycles. The van der Waals surface area contributed by atoms with Gasteiger partial charge < -0.3 is 20.1 Å². The Balaban J connectivity index is 1.40. The fraction of sp³-hybridized carbons (Fsp3) is 0.333. The molecule has 0 spiro atoms. The molecule has 1 saturated carbocycles.